The number of rotatable bonds is 5. The van der Waals surface area contributed by atoms with Gasteiger partial charge in [0.2, 0.25) is 0 Å². The second-order valence-corrected chi connectivity index (χ2v) is 3.26. The molecule has 0 fully saturated rings. The summed E-state index contributed by atoms with van der Waals surface area (Å²) in [6.07, 6.45) is 8.66. The monoisotopic (exact) mass is 179 g/mol. The molecule has 13 heavy (non-hydrogen) atoms. The molecule has 1 atom stereocenters. The molecule has 0 saturated heterocycles. The predicted molar refractivity (Wildman–Crippen MR) is 54.2 cm³/mol. The fourth-order valence-electron chi connectivity index (χ4n) is 1.35. The highest BCUT2D eigenvalue weighted by atomic mass is 15.0. The molecule has 1 unspecified atom stereocenters. The van der Waals surface area contributed by atoms with Gasteiger partial charge in [0.15, 0.2) is 0 Å². The third kappa shape index (κ3) is 2.70. The second kappa shape index (κ2) is 4.82. The number of imidazole rings is 1. The van der Waals surface area contributed by atoms with Crippen LogP contribution < -0.4 is 5.73 Å². The molecule has 0 saturated carbocycles. The third-order valence-electron chi connectivity index (χ3n) is 2.16. The average molecular weight is 179 g/mol. The molecule has 1 heterocycles. The summed E-state index contributed by atoms with van der Waals surface area (Å²) >= 11 is 0. The Bertz CT molecular complexity index is 265. The molecule has 72 valence electrons. The van der Waals surface area contributed by atoms with Crippen molar-refractivity contribution in [3.63, 3.8) is 0 Å². The molecule has 3 heteroatoms. The summed E-state index contributed by atoms with van der Waals surface area (Å²) in [5.74, 6) is 0. The van der Waals surface area contributed by atoms with Crippen LogP contribution in [0.5, 0.6) is 0 Å². The first kappa shape index (κ1) is 9.99. The van der Waals surface area contributed by atoms with Crippen molar-refractivity contribution in [1.82, 2.24) is 9.55 Å². The Morgan fingerprint density at radius 1 is 1.77 bits per heavy atom. The van der Waals surface area contributed by atoms with Crippen LogP contribution in [0.1, 0.15) is 31.0 Å². The van der Waals surface area contributed by atoms with Crippen molar-refractivity contribution in [2.45, 2.75) is 25.3 Å². The van der Waals surface area contributed by atoms with Gasteiger partial charge >= 0.3 is 0 Å². The highest BCUT2D eigenvalue weighted by Gasteiger charge is 2.08. The van der Waals surface area contributed by atoms with Gasteiger partial charge in [-0.1, -0.05) is 6.08 Å². The van der Waals surface area contributed by atoms with Gasteiger partial charge in [0.1, 0.15) is 0 Å². The van der Waals surface area contributed by atoms with Crippen molar-refractivity contribution in [3.8, 4) is 0 Å². The van der Waals surface area contributed by atoms with Gasteiger partial charge in [-0.25, -0.2) is 4.98 Å². The first-order chi connectivity index (χ1) is 6.25. The summed E-state index contributed by atoms with van der Waals surface area (Å²) in [6.45, 7) is 3.68. The zero-order valence-electron chi connectivity index (χ0n) is 8.11. The molecule has 1 rings (SSSR count). The van der Waals surface area contributed by atoms with E-state index in [1.807, 2.05) is 23.9 Å². The molecular weight excluding hydrogens is 162 g/mol. The van der Waals surface area contributed by atoms with Gasteiger partial charge in [-0.2, -0.15) is 0 Å². The zero-order valence-corrected chi connectivity index (χ0v) is 8.11. The van der Waals surface area contributed by atoms with Crippen LogP contribution in [-0.2, 0) is 7.05 Å². The minimum atomic E-state index is 0.104. The van der Waals surface area contributed by atoms with E-state index in [0.29, 0.717) is 0 Å². The lowest BCUT2D eigenvalue weighted by Gasteiger charge is -2.10. The predicted octanol–water partition coefficient (Wildman–Crippen LogP) is 1.78. The Kier molecular flexibility index (Phi) is 3.71. The van der Waals surface area contributed by atoms with Crippen molar-refractivity contribution < 1.29 is 0 Å². The normalized spacial score (nSPS) is 12.8. The van der Waals surface area contributed by atoms with E-state index in [9.17, 15) is 0 Å². The summed E-state index contributed by atoms with van der Waals surface area (Å²) in [5, 5.41) is 0. The van der Waals surface area contributed by atoms with Crippen LogP contribution in [0.4, 0.5) is 0 Å². The molecule has 0 spiro atoms. The summed E-state index contributed by atoms with van der Waals surface area (Å²) in [4.78, 5) is 4.03. The fraction of sp³-hybridized carbons (Fsp3) is 0.500. The Balaban J connectivity index is 2.44. The summed E-state index contributed by atoms with van der Waals surface area (Å²) in [7, 11) is 1.97. The van der Waals surface area contributed by atoms with Gasteiger partial charge in [-0.05, 0) is 19.3 Å². The van der Waals surface area contributed by atoms with Crippen molar-refractivity contribution in [3.05, 3.63) is 30.9 Å². The maximum atomic E-state index is 5.99. The maximum Gasteiger partial charge on any atom is 0.0946 e. The van der Waals surface area contributed by atoms with Crippen LogP contribution >= 0.6 is 0 Å². The van der Waals surface area contributed by atoms with Gasteiger partial charge in [0.05, 0.1) is 12.0 Å². The second-order valence-electron chi connectivity index (χ2n) is 3.26. The molecule has 0 aliphatic heterocycles. The van der Waals surface area contributed by atoms with E-state index < -0.39 is 0 Å². The Morgan fingerprint density at radius 3 is 3.08 bits per heavy atom. The molecule has 3 nitrogen and oxygen atoms in total. The first-order valence-electron chi connectivity index (χ1n) is 4.58. The van der Waals surface area contributed by atoms with Gasteiger partial charge in [-0.15, -0.1) is 6.58 Å². The molecule has 2 N–H and O–H groups in total. The van der Waals surface area contributed by atoms with Crippen LogP contribution in [0.15, 0.2) is 25.2 Å². The van der Waals surface area contributed by atoms with Crippen LogP contribution in [-0.4, -0.2) is 9.55 Å². The Hall–Kier alpha value is -1.09. The van der Waals surface area contributed by atoms with Crippen LogP contribution in [0.25, 0.3) is 0 Å². The molecule has 1 aromatic rings. The van der Waals surface area contributed by atoms with Crippen molar-refractivity contribution in [2.75, 3.05) is 0 Å². The summed E-state index contributed by atoms with van der Waals surface area (Å²) < 4.78 is 1.97. The average Bonchev–Trinajstić information content (AvgIpc) is 2.52. The molecule has 0 aromatic carbocycles. The molecule has 0 amide bonds. The summed E-state index contributed by atoms with van der Waals surface area (Å²) in [6, 6.07) is 0.104. The van der Waals surface area contributed by atoms with E-state index in [1.165, 1.54) is 0 Å². The Morgan fingerprint density at radius 2 is 2.54 bits per heavy atom. The number of hydrogen-bond acceptors (Lipinski definition) is 2. The smallest absolute Gasteiger partial charge is 0.0946 e. The lowest BCUT2D eigenvalue weighted by atomic mass is 10.1. The standard InChI is InChI=1S/C10H17N3/c1-3-4-5-6-9(11)10-7-12-8-13(10)2/h3,7-9H,1,4-6,11H2,2H3. The molecule has 0 bridgehead atoms. The number of nitrogens with two attached hydrogens (primary N) is 1. The van der Waals surface area contributed by atoms with Gasteiger partial charge in [0, 0.05) is 19.3 Å². The number of allylic oxidation sites excluding steroid dienone is 1. The van der Waals surface area contributed by atoms with Crippen LogP contribution in [0, 0.1) is 0 Å². The zero-order chi connectivity index (χ0) is 9.68. The minimum Gasteiger partial charge on any atom is -0.336 e. The van der Waals surface area contributed by atoms with E-state index in [0.717, 1.165) is 25.0 Å². The largest absolute Gasteiger partial charge is 0.336 e. The van der Waals surface area contributed by atoms with Crippen molar-refractivity contribution >= 4 is 0 Å². The highest BCUT2D eigenvalue weighted by molar-refractivity contribution is 5.03. The first-order valence-corrected chi connectivity index (χ1v) is 4.58. The van der Waals surface area contributed by atoms with Crippen molar-refractivity contribution in [2.24, 2.45) is 12.8 Å². The van der Waals surface area contributed by atoms with E-state index in [2.05, 4.69) is 11.6 Å². The lowest BCUT2D eigenvalue weighted by Crippen LogP contribution is -2.13. The molecule has 0 radical (unpaired) electrons. The third-order valence-corrected chi connectivity index (χ3v) is 2.16. The topological polar surface area (TPSA) is 43.8 Å². The number of aromatic nitrogens is 2. The molecular formula is C10H17N3. The Labute approximate surface area is 79.3 Å². The lowest BCUT2D eigenvalue weighted by molar-refractivity contribution is 0.582. The van der Waals surface area contributed by atoms with E-state index >= 15 is 0 Å². The van der Waals surface area contributed by atoms with Gasteiger partial charge in [-0.3, -0.25) is 0 Å². The molecule has 0 aliphatic rings. The molecule has 1 aromatic heterocycles. The van der Waals surface area contributed by atoms with Crippen LogP contribution in [0.3, 0.4) is 0 Å². The van der Waals surface area contributed by atoms with E-state index in [-0.39, 0.29) is 6.04 Å². The quantitative estimate of drug-likeness (QED) is 0.553. The number of aryl methyl sites for hydroxylation is 1. The minimum absolute atomic E-state index is 0.104. The van der Waals surface area contributed by atoms with Crippen LogP contribution in [0.2, 0.25) is 0 Å². The van der Waals surface area contributed by atoms with E-state index in [1.54, 1.807) is 6.33 Å². The highest BCUT2D eigenvalue weighted by Crippen LogP contribution is 2.15. The fourth-order valence-corrected chi connectivity index (χ4v) is 1.35. The van der Waals surface area contributed by atoms with Gasteiger partial charge < -0.3 is 10.3 Å². The number of unbranched alkanes of at least 4 members (excludes halogenated alkanes) is 1. The van der Waals surface area contributed by atoms with Crippen molar-refractivity contribution in [1.29, 1.82) is 0 Å². The molecule has 0 aliphatic carbocycles. The SMILES string of the molecule is C=CCCCC(N)c1cncn1C. The van der Waals surface area contributed by atoms with Gasteiger partial charge in [0.25, 0.3) is 0 Å². The summed E-state index contributed by atoms with van der Waals surface area (Å²) in [5.41, 5.74) is 7.09. The number of nitrogens with zero attached hydrogens (tertiary/aromatic N) is 2. The van der Waals surface area contributed by atoms with E-state index in [4.69, 9.17) is 5.73 Å². The number of hydrogen-bond donors (Lipinski definition) is 1. The maximum absolute atomic E-state index is 5.99.